The minimum absolute atomic E-state index is 0.429. The second-order valence-electron chi connectivity index (χ2n) is 4.54. The summed E-state index contributed by atoms with van der Waals surface area (Å²) in [4.78, 5) is 0. The van der Waals surface area contributed by atoms with Gasteiger partial charge in [-0.05, 0) is 19.5 Å². The zero-order valence-electron chi connectivity index (χ0n) is 11.7. The van der Waals surface area contributed by atoms with Crippen molar-refractivity contribution in [3.05, 3.63) is 41.5 Å². The Labute approximate surface area is 113 Å². The summed E-state index contributed by atoms with van der Waals surface area (Å²) in [6, 6.07) is 6.22. The Hall–Kier alpha value is -1.88. The molecule has 2 aromatic rings. The number of aryl methyl sites for hydroxylation is 2. The second kappa shape index (κ2) is 6.33. The van der Waals surface area contributed by atoms with Crippen LogP contribution in [0.15, 0.2) is 24.5 Å². The van der Waals surface area contributed by atoms with Crippen LogP contribution >= 0.6 is 0 Å². The minimum Gasteiger partial charge on any atom is -0.485 e. The van der Waals surface area contributed by atoms with Crippen molar-refractivity contribution >= 4 is 0 Å². The SMILES string of the molecule is CCNCc1cc(C)ccc1OCc1nncn1C. The van der Waals surface area contributed by atoms with Crippen molar-refractivity contribution in [2.45, 2.75) is 27.0 Å². The van der Waals surface area contributed by atoms with Crippen molar-refractivity contribution in [2.75, 3.05) is 6.54 Å². The molecule has 0 aliphatic heterocycles. The second-order valence-corrected chi connectivity index (χ2v) is 4.54. The quantitative estimate of drug-likeness (QED) is 0.860. The van der Waals surface area contributed by atoms with Crippen molar-refractivity contribution in [3.8, 4) is 5.75 Å². The van der Waals surface area contributed by atoms with Gasteiger partial charge in [-0.2, -0.15) is 0 Å². The van der Waals surface area contributed by atoms with E-state index in [1.165, 1.54) is 11.1 Å². The molecule has 0 aliphatic rings. The first kappa shape index (κ1) is 13.5. The fraction of sp³-hybridized carbons (Fsp3) is 0.429. The number of hydrogen-bond donors (Lipinski definition) is 1. The summed E-state index contributed by atoms with van der Waals surface area (Å²) in [5.41, 5.74) is 2.41. The van der Waals surface area contributed by atoms with Gasteiger partial charge < -0.3 is 14.6 Å². The first-order chi connectivity index (χ1) is 9.20. The molecule has 0 unspecified atom stereocenters. The number of nitrogens with zero attached hydrogens (tertiary/aromatic N) is 3. The average Bonchev–Trinajstić information content (AvgIpc) is 2.81. The van der Waals surface area contributed by atoms with E-state index in [0.717, 1.165) is 24.7 Å². The first-order valence-electron chi connectivity index (χ1n) is 6.46. The lowest BCUT2D eigenvalue weighted by Crippen LogP contribution is -2.13. The number of nitrogens with one attached hydrogen (secondary N) is 1. The zero-order valence-corrected chi connectivity index (χ0v) is 11.7. The van der Waals surface area contributed by atoms with Crippen LogP contribution in [0.25, 0.3) is 0 Å². The molecule has 0 spiro atoms. The molecule has 1 aromatic carbocycles. The molecular weight excluding hydrogens is 240 g/mol. The van der Waals surface area contributed by atoms with Gasteiger partial charge in [0, 0.05) is 19.2 Å². The molecule has 0 atom stereocenters. The van der Waals surface area contributed by atoms with Crippen LogP contribution in [0.1, 0.15) is 23.9 Å². The molecule has 1 aromatic heterocycles. The predicted molar refractivity (Wildman–Crippen MR) is 73.9 cm³/mol. The monoisotopic (exact) mass is 260 g/mol. The molecule has 1 N–H and O–H groups in total. The topological polar surface area (TPSA) is 52.0 Å². The van der Waals surface area contributed by atoms with Gasteiger partial charge in [0.2, 0.25) is 0 Å². The summed E-state index contributed by atoms with van der Waals surface area (Å²) in [7, 11) is 1.91. The molecule has 19 heavy (non-hydrogen) atoms. The van der Waals surface area contributed by atoms with Gasteiger partial charge in [0.15, 0.2) is 5.82 Å². The Bertz CT molecular complexity index is 536. The largest absolute Gasteiger partial charge is 0.485 e. The minimum atomic E-state index is 0.429. The van der Waals surface area contributed by atoms with Crippen molar-refractivity contribution < 1.29 is 4.74 Å². The standard InChI is InChI=1S/C14H20N4O/c1-4-15-8-12-7-11(2)5-6-13(12)19-9-14-17-16-10-18(14)3/h5-7,10,15H,4,8-9H2,1-3H3. The van der Waals surface area contributed by atoms with E-state index in [4.69, 9.17) is 4.74 Å². The van der Waals surface area contributed by atoms with Gasteiger partial charge in [0.1, 0.15) is 18.7 Å². The van der Waals surface area contributed by atoms with Crippen molar-refractivity contribution in [3.63, 3.8) is 0 Å². The molecule has 2 rings (SSSR count). The lowest BCUT2D eigenvalue weighted by molar-refractivity contribution is 0.287. The van der Waals surface area contributed by atoms with E-state index in [9.17, 15) is 0 Å². The molecule has 5 nitrogen and oxygen atoms in total. The van der Waals surface area contributed by atoms with Crippen molar-refractivity contribution in [1.29, 1.82) is 0 Å². The summed E-state index contributed by atoms with van der Waals surface area (Å²) >= 11 is 0. The Balaban J connectivity index is 2.08. The lowest BCUT2D eigenvalue weighted by atomic mass is 10.1. The summed E-state index contributed by atoms with van der Waals surface area (Å²) in [5.74, 6) is 1.71. The molecule has 5 heteroatoms. The summed E-state index contributed by atoms with van der Waals surface area (Å²) in [6.07, 6.45) is 1.67. The number of rotatable bonds is 6. The Morgan fingerprint density at radius 3 is 2.89 bits per heavy atom. The van der Waals surface area contributed by atoms with Gasteiger partial charge in [0.25, 0.3) is 0 Å². The third-order valence-electron chi connectivity index (χ3n) is 2.94. The van der Waals surface area contributed by atoms with Crippen molar-refractivity contribution in [2.24, 2.45) is 7.05 Å². The van der Waals surface area contributed by atoms with Gasteiger partial charge in [-0.1, -0.05) is 24.6 Å². The molecular formula is C14H20N4O. The molecule has 0 fully saturated rings. The third kappa shape index (κ3) is 3.54. The molecule has 102 valence electrons. The first-order valence-corrected chi connectivity index (χ1v) is 6.46. The lowest BCUT2D eigenvalue weighted by Gasteiger charge is -2.12. The van der Waals surface area contributed by atoms with Crippen molar-refractivity contribution in [1.82, 2.24) is 20.1 Å². The molecule has 0 saturated carbocycles. The highest BCUT2D eigenvalue weighted by Gasteiger charge is 2.06. The molecule has 0 saturated heterocycles. The Morgan fingerprint density at radius 1 is 1.37 bits per heavy atom. The van der Waals surface area contributed by atoms with Crippen LogP contribution in [0.4, 0.5) is 0 Å². The fourth-order valence-electron chi connectivity index (χ4n) is 1.83. The Kier molecular flexibility index (Phi) is 4.52. The highest BCUT2D eigenvalue weighted by Crippen LogP contribution is 2.20. The van der Waals surface area contributed by atoms with E-state index >= 15 is 0 Å². The number of ether oxygens (including phenoxy) is 1. The predicted octanol–water partition coefficient (Wildman–Crippen LogP) is 1.81. The molecule has 0 aliphatic carbocycles. The van der Waals surface area contributed by atoms with E-state index in [1.54, 1.807) is 6.33 Å². The van der Waals surface area contributed by atoms with Crippen LogP contribution in [-0.4, -0.2) is 21.3 Å². The maximum Gasteiger partial charge on any atom is 0.170 e. The van der Waals surface area contributed by atoms with Crippen LogP contribution < -0.4 is 10.1 Å². The molecule has 0 amide bonds. The van der Waals surface area contributed by atoms with E-state index < -0.39 is 0 Å². The molecule has 0 radical (unpaired) electrons. The number of benzene rings is 1. The Morgan fingerprint density at radius 2 is 2.21 bits per heavy atom. The average molecular weight is 260 g/mol. The smallest absolute Gasteiger partial charge is 0.170 e. The zero-order chi connectivity index (χ0) is 13.7. The van der Waals surface area contributed by atoms with Crippen LogP contribution in [0, 0.1) is 6.92 Å². The summed E-state index contributed by atoms with van der Waals surface area (Å²) in [6.45, 7) is 6.36. The molecule has 1 heterocycles. The maximum atomic E-state index is 5.85. The van der Waals surface area contributed by atoms with Gasteiger partial charge in [0.05, 0.1) is 0 Å². The van der Waals surface area contributed by atoms with Gasteiger partial charge in [-0.3, -0.25) is 0 Å². The number of aromatic nitrogens is 3. The van der Waals surface area contributed by atoms with E-state index in [2.05, 4.69) is 41.5 Å². The summed E-state index contributed by atoms with van der Waals surface area (Å²) in [5, 5.41) is 11.2. The van der Waals surface area contributed by atoms with Crippen LogP contribution in [-0.2, 0) is 20.2 Å². The van der Waals surface area contributed by atoms with Gasteiger partial charge in [-0.15, -0.1) is 10.2 Å². The maximum absolute atomic E-state index is 5.85. The molecule has 0 bridgehead atoms. The highest BCUT2D eigenvalue weighted by molar-refractivity contribution is 5.36. The van der Waals surface area contributed by atoms with Gasteiger partial charge >= 0.3 is 0 Å². The third-order valence-corrected chi connectivity index (χ3v) is 2.94. The van der Waals surface area contributed by atoms with E-state index in [0.29, 0.717) is 6.61 Å². The number of hydrogen-bond acceptors (Lipinski definition) is 4. The van der Waals surface area contributed by atoms with Crippen LogP contribution in [0.5, 0.6) is 5.75 Å². The van der Waals surface area contributed by atoms with E-state index in [1.807, 2.05) is 17.7 Å². The van der Waals surface area contributed by atoms with E-state index in [-0.39, 0.29) is 0 Å². The van der Waals surface area contributed by atoms with Crippen LogP contribution in [0.2, 0.25) is 0 Å². The fourth-order valence-corrected chi connectivity index (χ4v) is 1.83. The van der Waals surface area contributed by atoms with Gasteiger partial charge in [-0.25, -0.2) is 0 Å². The highest BCUT2D eigenvalue weighted by atomic mass is 16.5. The summed E-state index contributed by atoms with van der Waals surface area (Å²) < 4.78 is 7.71. The van der Waals surface area contributed by atoms with Crippen LogP contribution in [0.3, 0.4) is 0 Å². The normalized spacial score (nSPS) is 10.7.